The largest absolute Gasteiger partial charge is 0.409 e. The van der Waals surface area contributed by atoms with Gasteiger partial charge in [-0.3, -0.25) is 4.57 Å². The van der Waals surface area contributed by atoms with Gasteiger partial charge in [0.25, 0.3) is 0 Å². The van der Waals surface area contributed by atoms with Crippen LogP contribution in [0.5, 0.6) is 0 Å². The lowest BCUT2D eigenvalue weighted by Gasteiger charge is -2.33. The third-order valence-corrected chi connectivity index (χ3v) is 3.34. The molecule has 1 aliphatic rings. The van der Waals surface area contributed by atoms with Crippen LogP contribution in [0.4, 0.5) is 0 Å². The molecule has 4 nitrogen and oxygen atoms in total. The molecule has 0 saturated heterocycles. The number of oxime groups is 1. The van der Waals surface area contributed by atoms with Gasteiger partial charge < -0.3 is 5.21 Å². The van der Waals surface area contributed by atoms with Crippen molar-refractivity contribution in [3.05, 3.63) is 18.7 Å². The van der Waals surface area contributed by atoms with Crippen molar-refractivity contribution in [1.29, 1.82) is 0 Å². The molecule has 1 aliphatic carbocycles. The standard InChI is InChI=1S/C11H17N3O/c1-11(5-3-2-4-6-11)10(13-15)14-8-7-12-9-14/h7-9,15H,2-6H2,1H3. The van der Waals surface area contributed by atoms with Gasteiger partial charge in [-0.05, 0) is 12.8 Å². The van der Waals surface area contributed by atoms with Gasteiger partial charge in [0.05, 0.1) is 0 Å². The molecule has 1 aromatic rings. The Morgan fingerprint density at radius 1 is 1.40 bits per heavy atom. The molecule has 1 heterocycles. The fraction of sp³-hybridized carbons (Fsp3) is 0.636. The number of nitrogens with zero attached hydrogens (tertiary/aromatic N) is 3. The Balaban J connectivity index is 2.27. The molecule has 2 rings (SSSR count). The molecule has 82 valence electrons. The fourth-order valence-electron chi connectivity index (χ4n) is 2.42. The van der Waals surface area contributed by atoms with Crippen LogP contribution in [0.2, 0.25) is 0 Å². The van der Waals surface area contributed by atoms with E-state index >= 15 is 0 Å². The SMILES string of the molecule is CC1(C(=NO)n2ccnc2)CCCCC1. The second-order valence-electron chi connectivity index (χ2n) is 4.51. The van der Waals surface area contributed by atoms with Gasteiger partial charge in [0.15, 0.2) is 5.84 Å². The van der Waals surface area contributed by atoms with Crippen LogP contribution in [0.25, 0.3) is 0 Å². The van der Waals surface area contributed by atoms with Crippen LogP contribution in [-0.2, 0) is 0 Å². The molecule has 0 spiro atoms. The predicted octanol–water partition coefficient (Wildman–Crippen LogP) is 2.49. The summed E-state index contributed by atoms with van der Waals surface area (Å²) in [6.45, 7) is 2.17. The molecule has 0 aliphatic heterocycles. The molecular weight excluding hydrogens is 190 g/mol. The third-order valence-electron chi connectivity index (χ3n) is 3.34. The highest BCUT2D eigenvalue weighted by molar-refractivity contribution is 5.89. The molecule has 15 heavy (non-hydrogen) atoms. The van der Waals surface area contributed by atoms with Crippen LogP contribution in [0.3, 0.4) is 0 Å². The van der Waals surface area contributed by atoms with Gasteiger partial charge in [0, 0.05) is 17.8 Å². The molecule has 1 aromatic heterocycles. The van der Waals surface area contributed by atoms with Crippen molar-refractivity contribution in [3.63, 3.8) is 0 Å². The molecule has 0 atom stereocenters. The topological polar surface area (TPSA) is 50.4 Å². The minimum absolute atomic E-state index is 0.00625. The van der Waals surface area contributed by atoms with Crippen LogP contribution in [0.15, 0.2) is 23.9 Å². The van der Waals surface area contributed by atoms with Gasteiger partial charge in [-0.25, -0.2) is 4.98 Å². The maximum Gasteiger partial charge on any atom is 0.159 e. The Hall–Kier alpha value is -1.32. The Morgan fingerprint density at radius 3 is 2.67 bits per heavy atom. The van der Waals surface area contributed by atoms with Crippen LogP contribution in [0, 0.1) is 5.41 Å². The molecule has 0 unspecified atom stereocenters. The van der Waals surface area contributed by atoms with Crippen LogP contribution in [0.1, 0.15) is 39.0 Å². The van der Waals surface area contributed by atoms with Crippen LogP contribution < -0.4 is 0 Å². The molecule has 0 radical (unpaired) electrons. The van der Waals surface area contributed by atoms with E-state index in [4.69, 9.17) is 5.21 Å². The monoisotopic (exact) mass is 207 g/mol. The number of imidazole rings is 1. The number of rotatable bonds is 1. The van der Waals surface area contributed by atoms with Crippen molar-refractivity contribution in [3.8, 4) is 0 Å². The predicted molar refractivity (Wildman–Crippen MR) is 58.0 cm³/mol. The lowest BCUT2D eigenvalue weighted by atomic mass is 9.74. The molecule has 1 saturated carbocycles. The Labute approximate surface area is 89.6 Å². The van der Waals surface area contributed by atoms with E-state index in [1.165, 1.54) is 19.3 Å². The van der Waals surface area contributed by atoms with Gasteiger partial charge in [-0.15, -0.1) is 0 Å². The van der Waals surface area contributed by atoms with Gasteiger partial charge >= 0.3 is 0 Å². The number of aromatic nitrogens is 2. The first kappa shape index (κ1) is 10.2. The maximum atomic E-state index is 9.15. The van der Waals surface area contributed by atoms with E-state index in [0.717, 1.165) is 18.7 Å². The molecule has 1 fully saturated rings. The Morgan fingerprint density at radius 2 is 2.13 bits per heavy atom. The normalized spacial score (nSPS) is 21.5. The lowest BCUT2D eigenvalue weighted by Crippen LogP contribution is -2.34. The Kier molecular flexibility index (Phi) is 2.75. The van der Waals surface area contributed by atoms with E-state index < -0.39 is 0 Å². The average molecular weight is 207 g/mol. The quantitative estimate of drug-likeness (QED) is 0.333. The van der Waals surface area contributed by atoms with E-state index in [1.807, 2.05) is 10.8 Å². The highest BCUT2D eigenvalue weighted by Gasteiger charge is 2.34. The summed E-state index contributed by atoms with van der Waals surface area (Å²) in [6, 6.07) is 0. The minimum Gasteiger partial charge on any atom is -0.409 e. The van der Waals surface area contributed by atoms with Crippen LogP contribution in [-0.4, -0.2) is 20.6 Å². The third kappa shape index (κ3) is 1.89. The van der Waals surface area contributed by atoms with Crippen molar-refractivity contribution < 1.29 is 5.21 Å². The first-order valence-electron chi connectivity index (χ1n) is 5.47. The summed E-state index contributed by atoms with van der Waals surface area (Å²) in [7, 11) is 0. The van der Waals surface area contributed by atoms with E-state index in [9.17, 15) is 0 Å². The molecule has 1 N–H and O–H groups in total. The van der Waals surface area contributed by atoms with E-state index in [2.05, 4.69) is 17.1 Å². The summed E-state index contributed by atoms with van der Waals surface area (Å²) < 4.78 is 1.81. The van der Waals surface area contributed by atoms with Crippen LogP contribution >= 0.6 is 0 Å². The average Bonchev–Trinajstić information content (AvgIpc) is 2.73. The zero-order valence-corrected chi connectivity index (χ0v) is 9.06. The molecule has 0 amide bonds. The smallest absolute Gasteiger partial charge is 0.159 e. The highest BCUT2D eigenvalue weighted by Crippen LogP contribution is 2.37. The lowest BCUT2D eigenvalue weighted by molar-refractivity contribution is 0.269. The molecule has 0 aromatic carbocycles. The summed E-state index contributed by atoms with van der Waals surface area (Å²) in [6.07, 6.45) is 11.1. The van der Waals surface area contributed by atoms with E-state index in [0.29, 0.717) is 0 Å². The minimum atomic E-state index is -0.00625. The number of hydrogen-bond donors (Lipinski definition) is 1. The van der Waals surface area contributed by atoms with Crippen molar-refractivity contribution in [2.45, 2.75) is 39.0 Å². The second-order valence-corrected chi connectivity index (χ2v) is 4.51. The van der Waals surface area contributed by atoms with E-state index in [1.54, 1.807) is 12.5 Å². The van der Waals surface area contributed by atoms with Crippen molar-refractivity contribution in [2.24, 2.45) is 10.6 Å². The highest BCUT2D eigenvalue weighted by atomic mass is 16.4. The van der Waals surface area contributed by atoms with E-state index in [-0.39, 0.29) is 5.41 Å². The summed E-state index contributed by atoms with van der Waals surface area (Å²) >= 11 is 0. The summed E-state index contributed by atoms with van der Waals surface area (Å²) in [5.74, 6) is 0.722. The van der Waals surface area contributed by atoms with Crippen molar-refractivity contribution in [1.82, 2.24) is 9.55 Å². The Bertz CT molecular complexity index is 337. The first-order valence-corrected chi connectivity index (χ1v) is 5.47. The molecule has 4 heteroatoms. The zero-order valence-electron chi connectivity index (χ0n) is 9.06. The molecule has 0 bridgehead atoms. The fourth-order valence-corrected chi connectivity index (χ4v) is 2.42. The summed E-state index contributed by atoms with van der Waals surface area (Å²) in [4.78, 5) is 3.99. The van der Waals surface area contributed by atoms with Gasteiger partial charge in [-0.1, -0.05) is 31.3 Å². The summed E-state index contributed by atoms with van der Waals surface area (Å²) in [5, 5.41) is 12.6. The van der Waals surface area contributed by atoms with Crippen molar-refractivity contribution in [2.75, 3.05) is 0 Å². The van der Waals surface area contributed by atoms with Crippen molar-refractivity contribution >= 4 is 5.84 Å². The number of hydrogen-bond acceptors (Lipinski definition) is 3. The second kappa shape index (κ2) is 4.04. The summed E-state index contributed by atoms with van der Waals surface area (Å²) in [5.41, 5.74) is -0.00625. The van der Waals surface area contributed by atoms with Gasteiger partial charge in [-0.2, -0.15) is 0 Å². The maximum absolute atomic E-state index is 9.15. The molecular formula is C11H17N3O. The van der Waals surface area contributed by atoms with Gasteiger partial charge in [0.1, 0.15) is 6.33 Å². The van der Waals surface area contributed by atoms with Gasteiger partial charge in [0.2, 0.25) is 0 Å². The first-order chi connectivity index (χ1) is 7.26. The zero-order chi connectivity index (χ0) is 10.7.